The van der Waals surface area contributed by atoms with Crippen molar-refractivity contribution in [2.24, 2.45) is 11.8 Å². The molecule has 19 heavy (non-hydrogen) atoms. The smallest absolute Gasteiger partial charge is 0.337 e. The van der Waals surface area contributed by atoms with Gasteiger partial charge in [-0.3, -0.25) is 0 Å². The Kier molecular flexibility index (Phi) is 5.60. The first-order valence-electron chi connectivity index (χ1n) is 6.45. The van der Waals surface area contributed by atoms with Crippen molar-refractivity contribution in [2.75, 3.05) is 18.0 Å². The van der Waals surface area contributed by atoms with E-state index in [-0.39, 0.29) is 5.56 Å². The van der Waals surface area contributed by atoms with Crippen molar-refractivity contribution in [3.63, 3.8) is 0 Å². The normalized spacial score (nSPS) is 11.1. The zero-order chi connectivity index (χ0) is 14.6. The number of carboxylic acids is 1. The van der Waals surface area contributed by atoms with E-state index in [1.807, 2.05) is 0 Å². The van der Waals surface area contributed by atoms with Gasteiger partial charge in [-0.15, -0.1) is 0 Å². The Labute approximate surface area is 119 Å². The molecular formula is C14H21ClN2O2. The van der Waals surface area contributed by atoms with E-state index in [4.69, 9.17) is 16.7 Å². The third-order valence-electron chi connectivity index (χ3n) is 2.54. The van der Waals surface area contributed by atoms with Gasteiger partial charge in [-0.1, -0.05) is 39.3 Å². The van der Waals surface area contributed by atoms with Gasteiger partial charge in [-0.05, 0) is 17.9 Å². The van der Waals surface area contributed by atoms with Crippen LogP contribution in [0.2, 0.25) is 5.02 Å². The minimum absolute atomic E-state index is 0.114. The van der Waals surface area contributed by atoms with Crippen molar-refractivity contribution in [1.82, 2.24) is 4.98 Å². The summed E-state index contributed by atoms with van der Waals surface area (Å²) in [5.41, 5.74) is 0.114. The van der Waals surface area contributed by atoms with Gasteiger partial charge in [0.25, 0.3) is 0 Å². The number of aromatic carboxylic acids is 1. The predicted octanol–water partition coefficient (Wildman–Crippen LogP) is 3.55. The molecule has 0 aromatic carbocycles. The number of pyridine rings is 1. The lowest BCUT2D eigenvalue weighted by Gasteiger charge is -2.28. The Hall–Kier alpha value is -1.29. The monoisotopic (exact) mass is 284 g/mol. The van der Waals surface area contributed by atoms with Gasteiger partial charge in [0.05, 0.1) is 10.6 Å². The summed E-state index contributed by atoms with van der Waals surface area (Å²) >= 11 is 6.17. The van der Waals surface area contributed by atoms with Gasteiger partial charge >= 0.3 is 5.97 Å². The van der Waals surface area contributed by atoms with Gasteiger partial charge in [0.15, 0.2) is 0 Å². The molecular weight excluding hydrogens is 264 g/mol. The fourth-order valence-electron chi connectivity index (χ4n) is 1.91. The van der Waals surface area contributed by atoms with Crippen LogP contribution in [0.5, 0.6) is 0 Å². The number of hydrogen-bond acceptors (Lipinski definition) is 3. The molecule has 0 aliphatic heterocycles. The molecule has 1 heterocycles. The molecule has 0 aliphatic carbocycles. The minimum Gasteiger partial charge on any atom is -0.478 e. The van der Waals surface area contributed by atoms with Crippen LogP contribution in [0.1, 0.15) is 38.1 Å². The van der Waals surface area contributed by atoms with Crippen LogP contribution in [-0.4, -0.2) is 29.1 Å². The van der Waals surface area contributed by atoms with Crippen LogP contribution >= 0.6 is 11.6 Å². The van der Waals surface area contributed by atoms with Crippen molar-refractivity contribution < 1.29 is 9.90 Å². The highest BCUT2D eigenvalue weighted by Crippen LogP contribution is 2.25. The summed E-state index contributed by atoms with van der Waals surface area (Å²) in [6, 6.07) is 1.46. The van der Waals surface area contributed by atoms with E-state index < -0.39 is 5.97 Å². The SMILES string of the molecule is CC(C)CN(CC(C)C)c1ncc(C(=O)O)cc1Cl. The number of carboxylic acid groups (broad SMARTS) is 1. The number of aromatic nitrogens is 1. The van der Waals surface area contributed by atoms with Gasteiger partial charge < -0.3 is 10.0 Å². The Balaban J connectivity index is 3.04. The molecule has 106 valence electrons. The average Bonchev–Trinajstić information content (AvgIpc) is 2.26. The first-order chi connectivity index (χ1) is 8.81. The molecule has 0 saturated heterocycles. The minimum atomic E-state index is -1.01. The van der Waals surface area contributed by atoms with Gasteiger partial charge in [0.2, 0.25) is 0 Å². The molecule has 0 fully saturated rings. The fourth-order valence-corrected chi connectivity index (χ4v) is 2.20. The van der Waals surface area contributed by atoms with Gasteiger partial charge in [0, 0.05) is 19.3 Å². The maximum absolute atomic E-state index is 10.9. The van der Waals surface area contributed by atoms with Crippen molar-refractivity contribution in [3.8, 4) is 0 Å². The standard InChI is InChI=1S/C14H21ClN2O2/c1-9(2)7-17(8-10(3)4)13-12(15)5-11(6-16-13)14(18)19/h5-6,9-10H,7-8H2,1-4H3,(H,18,19). The fraction of sp³-hybridized carbons (Fsp3) is 0.571. The number of halogens is 1. The van der Waals surface area contributed by atoms with E-state index in [1.54, 1.807) is 0 Å². The highest BCUT2D eigenvalue weighted by atomic mass is 35.5. The number of rotatable bonds is 6. The molecule has 1 aromatic rings. The summed E-state index contributed by atoms with van der Waals surface area (Å²) < 4.78 is 0. The summed E-state index contributed by atoms with van der Waals surface area (Å²) in [7, 11) is 0. The van der Waals surface area contributed by atoms with Crippen LogP contribution in [0.25, 0.3) is 0 Å². The molecule has 1 N–H and O–H groups in total. The molecule has 0 bridgehead atoms. The molecule has 0 radical (unpaired) electrons. The maximum Gasteiger partial charge on any atom is 0.337 e. The number of carbonyl (C=O) groups is 1. The Morgan fingerprint density at radius 2 is 1.84 bits per heavy atom. The number of anilines is 1. The Bertz CT molecular complexity index is 437. The summed E-state index contributed by atoms with van der Waals surface area (Å²) in [5, 5.41) is 9.31. The largest absolute Gasteiger partial charge is 0.478 e. The summed E-state index contributed by atoms with van der Waals surface area (Å²) in [6.07, 6.45) is 1.36. The van der Waals surface area contributed by atoms with E-state index in [9.17, 15) is 4.79 Å². The van der Waals surface area contributed by atoms with Gasteiger partial charge in [-0.2, -0.15) is 0 Å². The van der Waals surface area contributed by atoms with E-state index in [0.29, 0.717) is 22.7 Å². The molecule has 0 unspecified atom stereocenters. The van der Waals surface area contributed by atoms with E-state index >= 15 is 0 Å². The quantitative estimate of drug-likeness (QED) is 0.868. The van der Waals surface area contributed by atoms with Gasteiger partial charge in [0.1, 0.15) is 5.82 Å². The number of nitrogens with zero attached hydrogens (tertiary/aromatic N) is 2. The zero-order valence-corrected chi connectivity index (χ0v) is 12.6. The molecule has 0 spiro atoms. The second-order valence-electron chi connectivity index (χ2n) is 5.53. The first-order valence-corrected chi connectivity index (χ1v) is 6.82. The molecule has 0 atom stereocenters. The topological polar surface area (TPSA) is 53.4 Å². The molecule has 0 saturated carbocycles. The second kappa shape index (κ2) is 6.75. The van der Waals surface area contributed by atoms with E-state index in [2.05, 4.69) is 37.6 Å². The molecule has 0 amide bonds. The van der Waals surface area contributed by atoms with E-state index in [1.165, 1.54) is 12.3 Å². The summed E-state index contributed by atoms with van der Waals surface area (Å²) in [4.78, 5) is 17.2. The molecule has 1 aromatic heterocycles. The van der Waals surface area contributed by atoms with Crippen molar-refractivity contribution >= 4 is 23.4 Å². The summed E-state index contributed by atoms with van der Waals surface area (Å²) in [6.45, 7) is 10.2. The number of hydrogen-bond donors (Lipinski definition) is 1. The van der Waals surface area contributed by atoms with Crippen LogP contribution in [0, 0.1) is 11.8 Å². The molecule has 5 heteroatoms. The van der Waals surface area contributed by atoms with Crippen LogP contribution in [-0.2, 0) is 0 Å². The third kappa shape index (κ3) is 4.71. The predicted molar refractivity (Wildman–Crippen MR) is 78.1 cm³/mol. The second-order valence-corrected chi connectivity index (χ2v) is 5.93. The first kappa shape index (κ1) is 15.8. The Morgan fingerprint density at radius 3 is 2.21 bits per heavy atom. The van der Waals surface area contributed by atoms with Gasteiger partial charge in [-0.25, -0.2) is 9.78 Å². The van der Waals surface area contributed by atoms with Crippen LogP contribution in [0.4, 0.5) is 5.82 Å². The maximum atomic E-state index is 10.9. The van der Waals surface area contributed by atoms with Crippen LogP contribution < -0.4 is 4.90 Å². The summed E-state index contributed by atoms with van der Waals surface area (Å²) in [5.74, 6) is 0.612. The zero-order valence-electron chi connectivity index (χ0n) is 11.9. The highest BCUT2D eigenvalue weighted by molar-refractivity contribution is 6.33. The van der Waals surface area contributed by atoms with Crippen molar-refractivity contribution in [2.45, 2.75) is 27.7 Å². The lowest BCUT2D eigenvalue weighted by Crippen LogP contribution is -2.32. The molecule has 0 aliphatic rings. The van der Waals surface area contributed by atoms with Crippen molar-refractivity contribution in [1.29, 1.82) is 0 Å². The van der Waals surface area contributed by atoms with E-state index in [0.717, 1.165) is 13.1 Å². The van der Waals surface area contributed by atoms with Crippen LogP contribution in [0.15, 0.2) is 12.3 Å². The molecule has 1 rings (SSSR count). The highest BCUT2D eigenvalue weighted by Gasteiger charge is 2.16. The lowest BCUT2D eigenvalue weighted by atomic mass is 10.1. The van der Waals surface area contributed by atoms with Crippen molar-refractivity contribution in [3.05, 3.63) is 22.8 Å². The molecule has 4 nitrogen and oxygen atoms in total. The van der Waals surface area contributed by atoms with Crippen LogP contribution in [0.3, 0.4) is 0 Å². The third-order valence-corrected chi connectivity index (χ3v) is 2.82. The Morgan fingerprint density at radius 1 is 1.32 bits per heavy atom. The average molecular weight is 285 g/mol. The lowest BCUT2D eigenvalue weighted by molar-refractivity contribution is 0.0696.